The summed E-state index contributed by atoms with van der Waals surface area (Å²) in [4.78, 5) is 14.7. The highest BCUT2D eigenvalue weighted by molar-refractivity contribution is 14.2. The van der Waals surface area contributed by atoms with Gasteiger partial charge in [-0.3, -0.25) is 5.32 Å². The van der Waals surface area contributed by atoms with Gasteiger partial charge in [-0.15, -0.1) is 0 Å². The van der Waals surface area contributed by atoms with Gasteiger partial charge in [0.2, 0.25) is 0 Å². The van der Waals surface area contributed by atoms with Crippen molar-refractivity contribution in [3.8, 4) is 0 Å². The summed E-state index contributed by atoms with van der Waals surface area (Å²) in [6.07, 6.45) is 9.77. The molecule has 34 heavy (non-hydrogen) atoms. The van der Waals surface area contributed by atoms with E-state index in [1.807, 2.05) is 19.9 Å². The van der Waals surface area contributed by atoms with Gasteiger partial charge in [-0.2, -0.15) is 0 Å². The first-order chi connectivity index (χ1) is 16.6. The maximum absolute atomic E-state index is 12.1. The number of primary amides is 1. The highest BCUT2D eigenvalue weighted by Crippen LogP contribution is 2.32. The first kappa shape index (κ1) is 25.0. The summed E-state index contributed by atoms with van der Waals surface area (Å²) < 4.78 is 9.90. The molecule has 180 valence electrons. The largest absolute Gasteiger partial charge is 0.480 e. The monoisotopic (exact) mass is 571 g/mol. The Morgan fingerprint density at radius 2 is 1.88 bits per heavy atom. The molecular weight excluding hydrogens is 535 g/mol. The van der Waals surface area contributed by atoms with Crippen LogP contribution in [0.1, 0.15) is 56.3 Å². The maximum Gasteiger partial charge on any atom is 0.317 e. The number of rotatable bonds is 9. The molecule has 0 saturated carbocycles. The molecule has 0 spiro atoms. The molecule has 2 aliphatic rings. The molecule has 4 rings (SSSR count). The Balaban J connectivity index is 1.31. The van der Waals surface area contributed by atoms with Crippen molar-refractivity contribution in [3.63, 3.8) is 0 Å². The van der Waals surface area contributed by atoms with Gasteiger partial charge in [-0.05, 0) is 93.7 Å². The number of carbonyl (C=O) groups is 1. The number of amides is 1. The number of hydrogen-bond donors (Lipinski definition) is 1. The summed E-state index contributed by atoms with van der Waals surface area (Å²) in [5, 5.41) is 1.80. The van der Waals surface area contributed by atoms with E-state index in [0.717, 1.165) is 48.4 Å². The lowest BCUT2D eigenvalue weighted by Gasteiger charge is -2.33. The molecule has 2 aromatic carbocycles. The molecule has 5 heteroatoms. The molecule has 4 nitrogen and oxygen atoms in total. The van der Waals surface area contributed by atoms with Gasteiger partial charge in [-0.25, -0.2) is 4.79 Å². The van der Waals surface area contributed by atoms with Crippen molar-refractivity contribution in [1.29, 1.82) is 0 Å². The van der Waals surface area contributed by atoms with Crippen LogP contribution >= 0.6 is 20.7 Å². The summed E-state index contributed by atoms with van der Waals surface area (Å²) in [5.74, 6) is 0.808. The third-order valence-corrected chi connectivity index (χ3v) is 8.57. The number of nitrogens with zero attached hydrogens (tertiary/aromatic N) is 1. The molecule has 0 aromatic heterocycles. The normalized spacial score (nSPS) is 17.8. The molecule has 1 amide bonds. The van der Waals surface area contributed by atoms with Gasteiger partial charge in [-0.1, -0.05) is 54.6 Å². The predicted molar refractivity (Wildman–Crippen MR) is 148 cm³/mol. The van der Waals surface area contributed by atoms with Gasteiger partial charge < -0.3 is 9.64 Å². The van der Waals surface area contributed by atoms with Crippen LogP contribution in [-0.2, 0) is 9.53 Å². The Bertz CT molecular complexity index is 1040. The number of quaternary nitrogens is 1. The fourth-order valence-corrected chi connectivity index (χ4v) is 6.16. The topological polar surface area (TPSA) is 46.2 Å². The minimum absolute atomic E-state index is 0.0430. The molecule has 2 aromatic rings. The summed E-state index contributed by atoms with van der Waals surface area (Å²) in [5.41, 5.74) is 3.67. The summed E-state index contributed by atoms with van der Waals surface area (Å²) in [6.45, 7) is 7.17. The van der Waals surface area contributed by atoms with Gasteiger partial charge in [0.05, 0.1) is 5.92 Å². The SMILES string of the molecule is CC(C)C(=O)[NH2+]c1cccc(C2CCN(CCC(OC3=CC=CC=I3)c3ccccc3)CC2)c1. The summed E-state index contributed by atoms with van der Waals surface area (Å²) in [6, 6.07) is 19.2. The van der Waals surface area contributed by atoms with Crippen molar-refractivity contribution in [2.24, 2.45) is 5.92 Å². The van der Waals surface area contributed by atoms with Crippen molar-refractivity contribution >= 4 is 36.3 Å². The van der Waals surface area contributed by atoms with Gasteiger partial charge in [0.25, 0.3) is 0 Å². The number of nitrogens with two attached hydrogens (primary N) is 1. The predicted octanol–water partition coefficient (Wildman–Crippen LogP) is 5.58. The lowest BCUT2D eigenvalue weighted by Crippen LogP contribution is -2.83. The molecular formula is C29H36IN2O2+. The Labute approximate surface area is 213 Å². The zero-order valence-electron chi connectivity index (χ0n) is 20.2. The van der Waals surface area contributed by atoms with Crippen molar-refractivity contribution in [2.75, 3.05) is 19.6 Å². The average Bonchev–Trinajstić information content (AvgIpc) is 2.88. The molecule has 0 aliphatic carbocycles. The lowest BCUT2D eigenvalue weighted by atomic mass is 9.89. The average molecular weight is 572 g/mol. The molecule has 2 aliphatic heterocycles. The number of halogens is 1. The summed E-state index contributed by atoms with van der Waals surface area (Å²) >= 11 is -0.159. The van der Waals surface area contributed by atoms with E-state index in [4.69, 9.17) is 4.74 Å². The second-order valence-corrected chi connectivity index (χ2v) is 11.8. The van der Waals surface area contributed by atoms with Gasteiger partial charge in [0, 0.05) is 19.0 Å². The molecule has 2 heterocycles. The molecule has 2 N–H and O–H groups in total. The third-order valence-electron chi connectivity index (χ3n) is 6.56. The first-order valence-electron chi connectivity index (χ1n) is 12.3. The van der Waals surface area contributed by atoms with E-state index in [1.165, 1.54) is 11.1 Å². The molecule has 1 atom stereocenters. The van der Waals surface area contributed by atoms with Crippen LogP contribution in [0.5, 0.6) is 0 Å². The minimum Gasteiger partial charge on any atom is -0.480 e. The van der Waals surface area contributed by atoms with E-state index in [9.17, 15) is 4.79 Å². The zero-order chi connectivity index (χ0) is 23.8. The Morgan fingerprint density at radius 3 is 2.59 bits per heavy atom. The van der Waals surface area contributed by atoms with E-state index in [0.29, 0.717) is 5.92 Å². The zero-order valence-corrected chi connectivity index (χ0v) is 22.4. The van der Waals surface area contributed by atoms with Crippen LogP contribution in [0.15, 0.2) is 76.6 Å². The first-order valence-corrected chi connectivity index (χ1v) is 14.7. The number of benzene rings is 2. The van der Waals surface area contributed by atoms with Crippen molar-refractivity contribution < 1.29 is 14.8 Å². The number of allylic oxidation sites excluding steroid dienone is 3. The number of piperidine rings is 1. The lowest BCUT2D eigenvalue weighted by molar-refractivity contribution is -0.487. The fourth-order valence-electron chi connectivity index (χ4n) is 4.49. The molecule has 1 unspecified atom stereocenters. The number of hydrogen-bond acceptors (Lipinski definition) is 3. The van der Waals surface area contributed by atoms with Crippen LogP contribution in [0.4, 0.5) is 5.69 Å². The third kappa shape index (κ3) is 7.20. The van der Waals surface area contributed by atoms with Crippen LogP contribution in [-0.4, -0.2) is 34.5 Å². The quantitative estimate of drug-likeness (QED) is 0.316. The fraction of sp³-hybridized carbons (Fsp3) is 0.379. The molecule has 0 bridgehead atoms. The highest BCUT2D eigenvalue weighted by Gasteiger charge is 2.23. The Hall–Kier alpha value is -2.09. The van der Waals surface area contributed by atoms with E-state index in [2.05, 4.69) is 75.7 Å². The van der Waals surface area contributed by atoms with Crippen LogP contribution in [0.3, 0.4) is 0 Å². The Kier molecular flexibility index (Phi) is 9.25. The second kappa shape index (κ2) is 12.6. The second-order valence-electron chi connectivity index (χ2n) is 9.38. The van der Waals surface area contributed by atoms with Crippen LogP contribution in [0, 0.1) is 5.92 Å². The summed E-state index contributed by atoms with van der Waals surface area (Å²) in [7, 11) is 0. The smallest absolute Gasteiger partial charge is 0.317 e. The maximum atomic E-state index is 12.1. The van der Waals surface area contributed by atoms with Crippen molar-refractivity contribution in [1.82, 2.24) is 4.90 Å². The van der Waals surface area contributed by atoms with Gasteiger partial charge >= 0.3 is 5.91 Å². The van der Waals surface area contributed by atoms with Crippen LogP contribution in [0.25, 0.3) is 0 Å². The standard InChI is InChI=1S/C29H35IN2O2/c1-22(2)29(33)31-26-12-8-11-25(21-26)23-14-18-32(19-15-23)20-16-27(24-9-4-3-5-10-24)34-28-13-6-7-17-30-28/h3-13,17,21-23,27H,14-16,18-20H2,1-2H3,(H,31,33)/p+1. The van der Waals surface area contributed by atoms with Crippen molar-refractivity contribution in [2.45, 2.75) is 45.1 Å². The Morgan fingerprint density at radius 1 is 1.09 bits per heavy atom. The minimum atomic E-state index is -0.159. The highest BCUT2D eigenvalue weighted by atomic mass is 127. The van der Waals surface area contributed by atoms with Gasteiger partial charge in [0.1, 0.15) is 11.8 Å². The molecule has 1 fully saturated rings. The van der Waals surface area contributed by atoms with E-state index in [1.54, 1.807) is 5.32 Å². The van der Waals surface area contributed by atoms with E-state index >= 15 is 0 Å². The number of carbonyl (C=O) groups excluding carboxylic acids is 1. The number of likely N-dealkylation sites (tertiary alicyclic amines) is 1. The van der Waals surface area contributed by atoms with Crippen LogP contribution < -0.4 is 5.32 Å². The van der Waals surface area contributed by atoms with Crippen molar-refractivity contribution in [3.05, 3.63) is 87.7 Å². The van der Waals surface area contributed by atoms with Crippen LogP contribution in [0.2, 0.25) is 0 Å². The van der Waals surface area contributed by atoms with Gasteiger partial charge in [0.15, 0.2) is 3.77 Å². The molecule has 1 saturated heterocycles. The number of ether oxygens (including phenoxy) is 1. The van der Waals surface area contributed by atoms with E-state index in [-0.39, 0.29) is 38.7 Å². The van der Waals surface area contributed by atoms with E-state index < -0.39 is 0 Å². The molecule has 0 radical (unpaired) electrons.